The molecule has 1 N–H and O–H groups in total. The molecule has 1 aromatic rings. The quantitative estimate of drug-likeness (QED) is 0.778. The Hall–Kier alpha value is -1.09. The molecule has 0 atom stereocenters. The van der Waals surface area contributed by atoms with Crippen LogP contribution in [0.2, 0.25) is 0 Å². The van der Waals surface area contributed by atoms with Gasteiger partial charge in [-0.1, -0.05) is 6.07 Å². The number of nitrogens with one attached hydrogen (secondary N) is 1. The maximum Gasteiger partial charge on any atom is 0.126 e. The SMILES string of the molecule is Cc1cccc(NC2CCOCC2)n1. The van der Waals surface area contributed by atoms with Crippen LogP contribution < -0.4 is 5.32 Å². The molecule has 3 heteroatoms. The Labute approximate surface area is 84.5 Å². The van der Waals surface area contributed by atoms with Crippen LogP contribution in [0.5, 0.6) is 0 Å². The van der Waals surface area contributed by atoms with Crippen LogP contribution in [0, 0.1) is 6.92 Å². The van der Waals surface area contributed by atoms with Crippen molar-refractivity contribution in [1.82, 2.24) is 4.98 Å². The Kier molecular flexibility index (Phi) is 2.99. The highest BCUT2D eigenvalue weighted by atomic mass is 16.5. The molecular weight excluding hydrogens is 176 g/mol. The molecule has 0 aliphatic carbocycles. The lowest BCUT2D eigenvalue weighted by Crippen LogP contribution is -2.28. The topological polar surface area (TPSA) is 34.1 Å². The van der Waals surface area contributed by atoms with E-state index in [0.717, 1.165) is 37.6 Å². The minimum Gasteiger partial charge on any atom is -0.381 e. The zero-order valence-electron chi connectivity index (χ0n) is 8.49. The maximum absolute atomic E-state index is 5.30. The van der Waals surface area contributed by atoms with Crippen LogP contribution in [-0.2, 0) is 4.74 Å². The van der Waals surface area contributed by atoms with Gasteiger partial charge in [-0.15, -0.1) is 0 Å². The number of hydrogen-bond donors (Lipinski definition) is 1. The van der Waals surface area contributed by atoms with Crippen LogP contribution >= 0.6 is 0 Å². The summed E-state index contributed by atoms with van der Waals surface area (Å²) in [6, 6.07) is 6.58. The summed E-state index contributed by atoms with van der Waals surface area (Å²) in [7, 11) is 0. The lowest BCUT2D eigenvalue weighted by Gasteiger charge is -2.23. The zero-order valence-corrected chi connectivity index (χ0v) is 8.49. The fourth-order valence-electron chi connectivity index (χ4n) is 1.67. The fraction of sp³-hybridized carbons (Fsp3) is 0.545. The molecule has 0 radical (unpaired) electrons. The first-order valence-corrected chi connectivity index (χ1v) is 5.12. The van der Waals surface area contributed by atoms with E-state index < -0.39 is 0 Å². The molecule has 1 aliphatic heterocycles. The lowest BCUT2D eigenvalue weighted by molar-refractivity contribution is 0.0904. The highest BCUT2D eigenvalue weighted by Crippen LogP contribution is 2.13. The van der Waals surface area contributed by atoms with E-state index in [1.807, 2.05) is 25.1 Å². The smallest absolute Gasteiger partial charge is 0.126 e. The van der Waals surface area contributed by atoms with Crippen molar-refractivity contribution in [1.29, 1.82) is 0 Å². The van der Waals surface area contributed by atoms with E-state index in [-0.39, 0.29) is 0 Å². The minimum atomic E-state index is 0.526. The highest BCUT2D eigenvalue weighted by Gasteiger charge is 2.13. The first-order chi connectivity index (χ1) is 6.84. The first-order valence-electron chi connectivity index (χ1n) is 5.12. The summed E-state index contributed by atoms with van der Waals surface area (Å²) < 4.78 is 5.30. The van der Waals surface area contributed by atoms with Crippen LogP contribution in [-0.4, -0.2) is 24.2 Å². The van der Waals surface area contributed by atoms with Crippen molar-refractivity contribution in [3.05, 3.63) is 23.9 Å². The van der Waals surface area contributed by atoms with Crippen LogP contribution in [0.4, 0.5) is 5.82 Å². The van der Waals surface area contributed by atoms with E-state index in [1.54, 1.807) is 0 Å². The molecule has 1 fully saturated rings. The average molecular weight is 192 g/mol. The van der Waals surface area contributed by atoms with E-state index in [0.29, 0.717) is 6.04 Å². The van der Waals surface area contributed by atoms with E-state index in [4.69, 9.17) is 4.74 Å². The molecular formula is C11H16N2O. The van der Waals surface area contributed by atoms with Gasteiger partial charge >= 0.3 is 0 Å². The van der Waals surface area contributed by atoms with E-state index in [1.165, 1.54) is 0 Å². The summed E-state index contributed by atoms with van der Waals surface area (Å²) in [6.45, 7) is 3.74. The van der Waals surface area contributed by atoms with Crippen LogP contribution in [0.15, 0.2) is 18.2 Å². The van der Waals surface area contributed by atoms with E-state index in [2.05, 4.69) is 10.3 Å². The van der Waals surface area contributed by atoms with Crippen molar-refractivity contribution in [2.24, 2.45) is 0 Å². The Morgan fingerprint density at radius 1 is 1.36 bits per heavy atom. The van der Waals surface area contributed by atoms with Crippen molar-refractivity contribution >= 4 is 5.82 Å². The number of aryl methyl sites for hydroxylation is 1. The van der Waals surface area contributed by atoms with Gasteiger partial charge < -0.3 is 10.1 Å². The third-order valence-corrected chi connectivity index (χ3v) is 2.46. The first kappa shape index (κ1) is 9.46. The summed E-state index contributed by atoms with van der Waals surface area (Å²) in [5.41, 5.74) is 1.06. The molecule has 0 aromatic carbocycles. The van der Waals surface area contributed by atoms with Gasteiger partial charge in [0.2, 0.25) is 0 Å². The Bertz CT molecular complexity index is 295. The summed E-state index contributed by atoms with van der Waals surface area (Å²) in [4.78, 5) is 4.42. The second kappa shape index (κ2) is 4.42. The summed E-state index contributed by atoms with van der Waals surface area (Å²) in [5.74, 6) is 0.983. The third-order valence-electron chi connectivity index (χ3n) is 2.46. The van der Waals surface area contributed by atoms with Gasteiger partial charge in [-0.25, -0.2) is 4.98 Å². The molecule has 14 heavy (non-hydrogen) atoms. The Balaban J connectivity index is 1.95. The van der Waals surface area contributed by atoms with Crippen LogP contribution in [0.25, 0.3) is 0 Å². The molecule has 2 rings (SSSR count). The van der Waals surface area contributed by atoms with Gasteiger partial charge in [0.25, 0.3) is 0 Å². The van der Waals surface area contributed by atoms with Gasteiger partial charge in [0.05, 0.1) is 0 Å². The Morgan fingerprint density at radius 3 is 2.86 bits per heavy atom. The molecule has 1 aromatic heterocycles. The van der Waals surface area contributed by atoms with Crippen molar-refractivity contribution in [2.75, 3.05) is 18.5 Å². The largest absolute Gasteiger partial charge is 0.381 e. The number of rotatable bonds is 2. The fourth-order valence-corrected chi connectivity index (χ4v) is 1.67. The second-order valence-corrected chi connectivity index (χ2v) is 3.70. The molecule has 2 heterocycles. The Morgan fingerprint density at radius 2 is 2.14 bits per heavy atom. The molecule has 0 bridgehead atoms. The van der Waals surface area contributed by atoms with Crippen molar-refractivity contribution in [3.8, 4) is 0 Å². The zero-order chi connectivity index (χ0) is 9.80. The van der Waals surface area contributed by atoms with Crippen molar-refractivity contribution in [3.63, 3.8) is 0 Å². The highest BCUT2D eigenvalue weighted by molar-refractivity contribution is 5.36. The predicted molar refractivity (Wildman–Crippen MR) is 56.4 cm³/mol. The number of anilines is 1. The second-order valence-electron chi connectivity index (χ2n) is 3.70. The van der Waals surface area contributed by atoms with Gasteiger partial charge in [0, 0.05) is 24.9 Å². The van der Waals surface area contributed by atoms with Gasteiger partial charge in [-0.05, 0) is 31.9 Å². The van der Waals surface area contributed by atoms with Crippen molar-refractivity contribution < 1.29 is 4.74 Å². The number of hydrogen-bond acceptors (Lipinski definition) is 3. The van der Waals surface area contributed by atoms with Crippen LogP contribution in [0.1, 0.15) is 18.5 Å². The molecule has 1 saturated heterocycles. The molecule has 1 aliphatic rings. The number of nitrogens with zero attached hydrogens (tertiary/aromatic N) is 1. The monoisotopic (exact) mass is 192 g/mol. The number of ether oxygens (including phenoxy) is 1. The molecule has 0 unspecified atom stereocenters. The van der Waals surface area contributed by atoms with Gasteiger partial charge in [0.1, 0.15) is 5.82 Å². The molecule has 3 nitrogen and oxygen atoms in total. The molecule has 0 saturated carbocycles. The van der Waals surface area contributed by atoms with Crippen molar-refractivity contribution in [2.45, 2.75) is 25.8 Å². The lowest BCUT2D eigenvalue weighted by atomic mass is 10.1. The normalized spacial score (nSPS) is 18.1. The number of pyridine rings is 1. The molecule has 0 spiro atoms. The third kappa shape index (κ3) is 2.45. The maximum atomic E-state index is 5.30. The van der Waals surface area contributed by atoms with E-state index in [9.17, 15) is 0 Å². The summed E-state index contributed by atoms with van der Waals surface area (Å²) >= 11 is 0. The predicted octanol–water partition coefficient (Wildman–Crippen LogP) is 1.98. The average Bonchev–Trinajstić information content (AvgIpc) is 2.19. The molecule has 0 amide bonds. The number of aromatic nitrogens is 1. The van der Waals surface area contributed by atoms with E-state index >= 15 is 0 Å². The minimum absolute atomic E-state index is 0.526. The van der Waals surface area contributed by atoms with Gasteiger partial charge in [0.15, 0.2) is 0 Å². The van der Waals surface area contributed by atoms with Gasteiger partial charge in [-0.3, -0.25) is 0 Å². The standard InChI is InChI=1S/C11H16N2O/c1-9-3-2-4-11(12-9)13-10-5-7-14-8-6-10/h2-4,10H,5-8H2,1H3,(H,12,13). The molecule has 76 valence electrons. The summed E-state index contributed by atoms with van der Waals surface area (Å²) in [5, 5.41) is 3.43. The van der Waals surface area contributed by atoms with Crippen LogP contribution in [0.3, 0.4) is 0 Å². The summed E-state index contributed by atoms with van der Waals surface area (Å²) in [6.07, 6.45) is 2.16. The van der Waals surface area contributed by atoms with Gasteiger partial charge in [-0.2, -0.15) is 0 Å².